The summed E-state index contributed by atoms with van der Waals surface area (Å²) in [6.45, 7) is 2.97. The zero-order valence-corrected chi connectivity index (χ0v) is 18.6. The van der Waals surface area contributed by atoms with Crippen molar-refractivity contribution in [2.75, 3.05) is 11.9 Å². The Labute approximate surface area is 188 Å². The molecule has 0 saturated carbocycles. The molecule has 1 heterocycles. The summed E-state index contributed by atoms with van der Waals surface area (Å²) in [6, 6.07) is 11.4. The SMILES string of the molecule is CCCCCCCOc1ccc2c(c1)C1C=CCC1C(c1ccc(Cl)c([N+](=O)[O-])c1)N2. The number of unbranched alkanes of at least 4 members (excludes halogenated alkanes) is 4. The summed E-state index contributed by atoms with van der Waals surface area (Å²) in [5, 5.41) is 15.2. The van der Waals surface area contributed by atoms with Gasteiger partial charge in [-0.25, -0.2) is 0 Å². The van der Waals surface area contributed by atoms with Crippen LogP contribution in [0.15, 0.2) is 48.6 Å². The third-order valence-electron chi connectivity index (χ3n) is 6.38. The second kappa shape index (κ2) is 9.73. The fraction of sp³-hybridized carbons (Fsp3) is 0.440. The van der Waals surface area contributed by atoms with E-state index in [1.807, 2.05) is 12.1 Å². The Kier molecular flexibility index (Phi) is 6.81. The van der Waals surface area contributed by atoms with Crippen LogP contribution in [-0.2, 0) is 0 Å². The van der Waals surface area contributed by atoms with E-state index in [1.165, 1.54) is 31.2 Å². The Bertz CT molecular complexity index is 975. The molecule has 31 heavy (non-hydrogen) atoms. The maximum Gasteiger partial charge on any atom is 0.288 e. The molecule has 1 aliphatic heterocycles. The van der Waals surface area contributed by atoms with Gasteiger partial charge < -0.3 is 10.1 Å². The topological polar surface area (TPSA) is 64.4 Å². The second-order valence-corrected chi connectivity index (χ2v) is 8.86. The van der Waals surface area contributed by atoms with E-state index in [9.17, 15) is 10.1 Å². The maximum absolute atomic E-state index is 11.4. The van der Waals surface area contributed by atoms with Gasteiger partial charge in [-0.1, -0.05) is 62.4 Å². The number of nitro groups is 1. The third-order valence-corrected chi connectivity index (χ3v) is 6.70. The summed E-state index contributed by atoms with van der Waals surface area (Å²) >= 11 is 6.03. The van der Waals surface area contributed by atoms with Gasteiger partial charge in [0.25, 0.3) is 5.69 Å². The van der Waals surface area contributed by atoms with E-state index >= 15 is 0 Å². The molecule has 0 spiro atoms. The number of rotatable bonds is 9. The number of ether oxygens (including phenoxy) is 1. The highest BCUT2D eigenvalue weighted by atomic mass is 35.5. The van der Waals surface area contributed by atoms with Crippen LogP contribution in [0.25, 0.3) is 0 Å². The van der Waals surface area contributed by atoms with E-state index in [0.29, 0.717) is 5.92 Å². The Hall–Kier alpha value is -2.53. The van der Waals surface area contributed by atoms with Gasteiger partial charge >= 0.3 is 0 Å². The van der Waals surface area contributed by atoms with E-state index in [2.05, 4.69) is 36.5 Å². The van der Waals surface area contributed by atoms with Gasteiger partial charge in [-0.3, -0.25) is 10.1 Å². The van der Waals surface area contributed by atoms with Gasteiger partial charge in [-0.05, 0) is 54.2 Å². The molecule has 2 aliphatic rings. The van der Waals surface area contributed by atoms with Crippen LogP contribution in [-0.4, -0.2) is 11.5 Å². The van der Waals surface area contributed by atoms with Gasteiger partial charge in [0.2, 0.25) is 0 Å². The maximum atomic E-state index is 11.4. The lowest BCUT2D eigenvalue weighted by molar-refractivity contribution is -0.384. The number of hydrogen-bond donors (Lipinski definition) is 1. The number of hydrogen-bond acceptors (Lipinski definition) is 4. The first kappa shape index (κ1) is 21.7. The highest BCUT2D eigenvalue weighted by molar-refractivity contribution is 6.32. The van der Waals surface area contributed by atoms with Crippen molar-refractivity contribution in [2.24, 2.45) is 5.92 Å². The minimum absolute atomic E-state index is 0.00574. The van der Waals surface area contributed by atoms with Crippen LogP contribution >= 0.6 is 11.6 Å². The molecular weight excluding hydrogens is 412 g/mol. The van der Waals surface area contributed by atoms with Crippen molar-refractivity contribution in [1.82, 2.24) is 0 Å². The number of halogens is 1. The molecule has 3 unspecified atom stereocenters. The van der Waals surface area contributed by atoms with E-state index in [1.54, 1.807) is 12.1 Å². The van der Waals surface area contributed by atoms with Crippen molar-refractivity contribution in [3.05, 3.63) is 74.8 Å². The van der Waals surface area contributed by atoms with Crippen LogP contribution in [0.2, 0.25) is 5.02 Å². The molecule has 0 aromatic heterocycles. The lowest BCUT2D eigenvalue weighted by atomic mass is 9.77. The van der Waals surface area contributed by atoms with Crippen molar-refractivity contribution in [2.45, 2.75) is 57.4 Å². The summed E-state index contributed by atoms with van der Waals surface area (Å²) in [5.74, 6) is 1.48. The molecule has 0 radical (unpaired) electrons. The van der Waals surface area contributed by atoms with Gasteiger partial charge in [0.1, 0.15) is 10.8 Å². The summed E-state index contributed by atoms with van der Waals surface area (Å²) in [7, 11) is 0. The Morgan fingerprint density at radius 1 is 1.16 bits per heavy atom. The van der Waals surface area contributed by atoms with E-state index in [4.69, 9.17) is 16.3 Å². The molecule has 6 heteroatoms. The van der Waals surface area contributed by atoms with Gasteiger partial charge in [0.15, 0.2) is 0 Å². The quantitative estimate of drug-likeness (QED) is 0.190. The fourth-order valence-electron chi connectivity index (χ4n) is 4.75. The lowest BCUT2D eigenvalue weighted by Crippen LogP contribution is -2.29. The van der Waals surface area contributed by atoms with Crippen LogP contribution in [0.1, 0.15) is 68.5 Å². The van der Waals surface area contributed by atoms with Gasteiger partial charge in [-0.15, -0.1) is 0 Å². The molecule has 0 fully saturated rings. The lowest BCUT2D eigenvalue weighted by Gasteiger charge is -2.37. The smallest absolute Gasteiger partial charge is 0.288 e. The normalized spacial score (nSPS) is 21.3. The minimum atomic E-state index is -0.418. The molecular formula is C25H29ClN2O3. The summed E-state index contributed by atoms with van der Waals surface area (Å²) in [4.78, 5) is 10.9. The number of benzene rings is 2. The van der Waals surface area contributed by atoms with E-state index < -0.39 is 4.92 Å². The standard InChI is InChI=1S/C25H29ClN2O3/c1-2-3-4-5-6-14-31-18-11-13-23-21(16-18)19-8-7-9-20(19)25(27-23)17-10-12-22(26)24(15-17)28(29)30/h7-8,10-13,15-16,19-20,25,27H,2-6,9,14H2,1H3. The highest BCUT2D eigenvalue weighted by Gasteiger charge is 2.38. The Balaban J connectivity index is 1.51. The zero-order chi connectivity index (χ0) is 21.8. The van der Waals surface area contributed by atoms with Gasteiger partial charge in [0.05, 0.1) is 17.6 Å². The minimum Gasteiger partial charge on any atom is -0.494 e. The largest absolute Gasteiger partial charge is 0.494 e. The Morgan fingerprint density at radius 3 is 2.81 bits per heavy atom. The van der Waals surface area contributed by atoms with Crippen LogP contribution in [0.5, 0.6) is 5.75 Å². The number of fused-ring (bicyclic) bond motifs is 3. The van der Waals surface area contributed by atoms with Crippen LogP contribution < -0.4 is 10.1 Å². The number of nitrogens with zero attached hydrogens (tertiary/aromatic N) is 1. The van der Waals surface area contributed by atoms with Crippen molar-refractivity contribution in [3.8, 4) is 5.75 Å². The molecule has 2 aromatic rings. The predicted molar refractivity (Wildman–Crippen MR) is 125 cm³/mol. The van der Waals surface area contributed by atoms with Crippen LogP contribution in [0.3, 0.4) is 0 Å². The van der Waals surface area contributed by atoms with Crippen molar-refractivity contribution in [3.63, 3.8) is 0 Å². The second-order valence-electron chi connectivity index (χ2n) is 8.46. The van der Waals surface area contributed by atoms with Gasteiger partial charge in [0, 0.05) is 17.7 Å². The Morgan fingerprint density at radius 2 is 2.00 bits per heavy atom. The summed E-state index contributed by atoms with van der Waals surface area (Å²) in [5.41, 5.74) is 3.15. The molecule has 0 saturated heterocycles. The molecule has 164 valence electrons. The van der Waals surface area contributed by atoms with Gasteiger partial charge in [-0.2, -0.15) is 0 Å². The molecule has 3 atom stereocenters. The van der Waals surface area contributed by atoms with Crippen molar-refractivity contribution < 1.29 is 9.66 Å². The first-order valence-corrected chi connectivity index (χ1v) is 11.6. The third kappa shape index (κ3) is 4.72. The van der Waals surface area contributed by atoms with E-state index in [0.717, 1.165) is 36.4 Å². The highest BCUT2D eigenvalue weighted by Crippen LogP contribution is 2.51. The molecule has 1 N–H and O–H groups in total. The first-order valence-electron chi connectivity index (χ1n) is 11.2. The average molecular weight is 441 g/mol. The zero-order valence-electron chi connectivity index (χ0n) is 17.9. The number of nitro benzene ring substituents is 1. The monoisotopic (exact) mass is 440 g/mol. The number of allylic oxidation sites excluding steroid dienone is 2. The van der Waals surface area contributed by atoms with Crippen molar-refractivity contribution >= 4 is 23.0 Å². The predicted octanol–water partition coefficient (Wildman–Crippen LogP) is 7.42. The molecule has 4 rings (SSSR count). The van der Waals surface area contributed by atoms with Crippen molar-refractivity contribution in [1.29, 1.82) is 0 Å². The fourth-order valence-corrected chi connectivity index (χ4v) is 4.94. The van der Waals surface area contributed by atoms with Crippen LogP contribution in [0.4, 0.5) is 11.4 Å². The average Bonchev–Trinajstić information content (AvgIpc) is 3.26. The summed E-state index contributed by atoms with van der Waals surface area (Å²) in [6.07, 6.45) is 11.5. The summed E-state index contributed by atoms with van der Waals surface area (Å²) < 4.78 is 6.03. The number of nitrogens with one attached hydrogen (secondary N) is 1. The van der Waals surface area contributed by atoms with Crippen LogP contribution in [0, 0.1) is 16.0 Å². The van der Waals surface area contributed by atoms with E-state index in [-0.39, 0.29) is 22.7 Å². The molecule has 0 bridgehead atoms. The number of anilines is 1. The first-order chi connectivity index (χ1) is 15.1. The molecule has 1 aliphatic carbocycles. The molecule has 0 amide bonds. The molecule has 2 aromatic carbocycles. The molecule has 5 nitrogen and oxygen atoms in total.